The largest absolute Gasteiger partial charge is 0.456 e. The highest BCUT2D eigenvalue weighted by Gasteiger charge is 2.19. The van der Waals surface area contributed by atoms with Gasteiger partial charge in [0.15, 0.2) is 0 Å². The molecule has 0 spiro atoms. The van der Waals surface area contributed by atoms with Crippen molar-refractivity contribution in [3.8, 4) is 11.3 Å². The number of rotatable bonds is 2. The molecular formula is C14H15ClN2O2. The van der Waals surface area contributed by atoms with Gasteiger partial charge in [-0.05, 0) is 39.0 Å². The van der Waals surface area contributed by atoms with Crippen LogP contribution in [0.25, 0.3) is 11.3 Å². The fourth-order valence-corrected chi connectivity index (χ4v) is 1.87. The zero-order valence-corrected chi connectivity index (χ0v) is 11.8. The molecule has 0 bridgehead atoms. The van der Waals surface area contributed by atoms with Crippen LogP contribution in [0.5, 0.6) is 0 Å². The molecular weight excluding hydrogens is 264 g/mol. The van der Waals surface area contributed by atoms with E-state index in [2.05, 4.69) is 10.2 Å². The molecule has 0 amide bonds. The number of ether oxygens (including phenoxy) is 1. The SMILES string of the molecule is CC(C)(C)OC(=O)c1ccc(-c2cc[nH]n2)c(Cl)c1. The highest BCUT2D eigenvalue weighted by molar-refractivity contribution is 6.33. The van der Waals surface area contributed by atoms with E-state index in [0.29, 0.717) is 10.6 Å². The predicted molar refractivity (Wildman–Crippen MR) is 74.2 cm³/mol. The minimum Gasteiger partial charge on any atom is -0.456 e. The van der Waals surface area contributed by atoms with Gasteiger partial charge in [0.1, 0.15) is 5.60 Å². The molecule has 2 aromatic rings. The van der Waals surface area contributed by atoms with Crippen molar-refractivity contribution in [2.45, 2.75) is 26.4 Å². The van der Waals surface area contributed by atoms with E-state index in [4.69, 9.17) is 16.3 Å². The summed E-state index contributed by atoms with van der Waals surface area (Å²) in [7, 11) is 0. The third-order valence-electron chi connectivity index (χ3n) is 2.38. The van der Waals surface area contributed by atoms with Crippen LogP contribution >= 0.6 is 11.6 Å². The Morgan fingerprint density at radius 3 is 2.58 bits per heavy atom. The Balaban J connectivity index is 2.27. The number of nitrogens with zero attached hydrogens (tertiary/aromatic N) is 1. The smallest absolute Gasteiger partial charge is 0.338 e. The Morgan fingerprint density at radius 1 is 1.32 bits per heavy atom. The summed E-state index contributed by atoms with van der Waals surface area (Å²) in [6.07, 6.45) is 1.72. The summed E-state index contributed by atoms with van der Waals surface area (Å²) in [6.45, 7) is 5.47. The number of hydrogen-bond acceptors (Lipinski definition) is 3. The monoisotopic (exact) mass is 278 g/mol. The van der Waals surface area contributed by atoms with Gasteiger partial charge in [-0.2, -0.15) is 5.10 Å². The lowest BCUT2D eigenvalue weighted by molar-refractivity contribution is 0.00696. The molecule has 5 heteroatoms. The highest BCUT2D eigenvalue weighted by Crippen LogP contribution is 2.27. The summed E-state index contributed by atoms with van der Waals surface area (Å²) in [6, 6.07) is 6.86. The summed E-state index contributed by atoms with van der Waals surface area (Å²) < 4.78 is 5.29. The molecule has 0 atom stereocenters. The van der Waals surface area contributed by atoms with Gasteiger partial charge in [0.05, 0.1) is 16.3 Å². The Kier molecular flexibility index (Phi) is 3.62. The molecule has 19 heavy (non-hydrogen) atoms. The minimum absolute atomic E-state index is 0.386. The van der Waals surface area contributed by atoms with E-state index in [1.807, 2.05) is 26.8 Å². The van der Waals surface area contributed by atoms with Crippen LogP contribution in [0.15, 0.2) is 30.5 Å². The summed E-state index contributed by atoms with van der Waals surface area (Å²) >= 11 is 6.17. The van der Waals surface area contributed by atoms with Gasteiger partial charge in [-0.25, -0.2) is 4.79 Å². The van der Waals surface area contributed by atoms with Gasteiger partial charge in [0, 0.05) is 11.8 Å². The van der Waals surface area contributed by atoms with Crippen molar-refractivity contribution in [1.82, 2.24) is 10.2 Å². The van der Waals surface area contributed by atoms with Crippen LogP contribution in [0, 0.1) is 0 Å². The summed E-state index contributed by atoms with van der Waals surface area (Å²) in [5.41, 5.74) is 1.42. The molecule has 4 nitrogen and oxygen atoms in total. The molecule has 0 aliphatic heterocycles. The van der Waals surface area contributed by atoms with Gasteiger partial charge in [-0.15, -0.1) is 0 Å². The molecule has 0 radical (unpaired) electrons. The predicted octanol–water partition coefficient (Wildman–Crippen LogP) is 3.69. The number of carbonyl (C=O) groups excluding carboxylic acids is 1. The average Bonchev–Trinajstić information content (AvgIpc) is 2.79. The maximum atomic E-state index is 11.9. The fourth-order valence-electron chi connectivity index (χ4n) is 1.60. The maximum absolute atomic E-state index is 11.9. The summed E-state index contributed by atoms with van der Waals surface area (Å²) in [5, 5.41) is 7.25. The maximum Gasteiger partial charge on any atom is 0.338 e. The lowest BCUT2D eigenvalue weighted by Crippen LogP contribution is -2.23. The van der Waals surface area contributed by atoms with E-state index < -0.39 is 5.60 Å². The van der Waals surface area contributed by atoms with Crippen LogP contribution in [0.3, 0.4) is 0 Å². The number of aromatic amines is 1. The molecule has 2 rings (SSSR count). The van der Waals surface area contributed by atoms with Gasteiger partial charge in [-0.3, -0.25) is 5.10 Å². The van der Waals surface area contributed by atoms with E-state index in [1.165, 1.54) is 0 Å². The second kappa shape index (κ2) is 5.05. The summed E-state index contributed by atoms with van der Waals surface area (Å²) in [5.74, 6) is -0.386. The standard InChI is InChI=1S/C14H15ClN2O2/c1-14(2,3)19-13(18)9-4-5-10(11(15)8-9)12-6-7-16-17-12/h4-8H,1-3H3,(H,16,17). The number of hydrogen-bond donors (Lipinski definition) is 1. The van der Waals surface area contributed by atoms with Crippen molar-refractivity contribution < 1.29 is 9.53 Å². The van der Waals surface area contributed by atoms with E-state index in [1.54, 1.807) is 24.4 Å². The highest BCUT2D eigenvalue weighted by atomic mass is 35.5. The molecule has 1 N–H and O–H groups in total. The zero-order valence-electron chi connectivity index (χ0n) is 11.0. The molecule has 1 heterocycles. The third kappa shape index (κ3) is 3.35. The van der Waals surface area contributed by atoms with E-state index >= 15 is 0 Å². The normalized spacial score (nSPS) is 11.4. The van der Waals surface area contributed by atoms with Gasteiger partial charge >= 0.3 is 5.97 Å². The van der Waals surface area contributed by atoms with Gasteiger partial charge in [0.2, 0.25) is 0 Å². The first-order chi connectivity index (χ1) is 8.87. The Labute approximate surface area is 116 Å². The number of benzene rings is 1. The minimum atomic E-state index is -0.523. The first kappa shape index (κ1) is 13.6. The number of nitrogens with one attached hydrogen (secondary N) is 1. The summed E-state index contributed by atoms with van der Waals surface area (Å²) in [4.78, 5) is 11.9. The zero-order chi connectivity index (χ0) is 14.0. The van der Waals surface area contributed by atoms with E-state index in [9.17, 15) is 4.79 Å². The van der Waals surface area contributed by atoms with Crippen LogP contribution in [0.1, 0.15) is 31.1 Å². The molecule has 0 saturated heterocycles. The van der Waals surface area contributed by atoms with Crippen molar-refractivity contribution in [2.75, 3.05) is 0 Å². The first-order valence-corrected chi connectivity index (χ1v) is 6.28. The molecule has 0 aliphatic carbocycles. The van der Waals surface area contributed by atoms with Gasteiger partial charge in [0.25, 0.3) is 0 Å². The van der Waals surface area contributed by atoms with Crippen molar-refractivity contribution >= 4 is 17.6 Å². The fraction of sp³-hybridized carbons (Fsp3) is 0.286. The quantitative estimate of drug-likeness (QED) is 0.853. The second-order valence-corrected chi connectivity index (χ2v) is 5.56. The second-order valence-electron chi connectivity index (χ2n) is 5.16. The average molecular weight is 279 g/mol. The number of aromatic nitrogens is 2. The van der Waals surface area contributed by atoms with Crippen molar-refractivity contribution in [3.05, 3.63) is 41.0 Å². The van der Waals surface area contributed by atoms with Crippen LogP contribution in [0.2, 0.25) is 5.02 Å². The number of H-pyrrole nitrogens is 1. The third-order valence-corrected chi connectivity index (χ3v) is 2.69. The molecule has 100 valence electrons. The van der Waals surface area contributed by atoms with E-state index in [0.717, 1.165) is 11.3 Å². The molecule has 1 aromatic heterocycles. The molecule has 0 aliphatic rings. The Bertz CT molecular complexity index is 586. The van der Waals surface area contributed by atoms with Gasteiger partial charge < -0.3 is 4.74 Å². The topological polar surface area (TPSA) is 55.0 Å². The lowest BCUT2D eigenvalue weighted by atomic mass is 10.1. The number of halogens is 1. The van der Waals surface area contributed by atoms with Crippen molar-refractivity contribution in [3.63, 3.8) is 0 Å². The number of esters is 1. The van der Waals surface area contributed by atoms with Crippen LogP contribution in [-0.4, -0.2) is 21.8 Å². The Hall–Kier alpha value is -1.81. The molecule has 0 saturated carbocycles. The van der Waals surface area contributed by atoms with Crippen molar-refractivity contribution in [2.24, 2.45) is 0 Å². The van der Waals surface area contributed by atoms with Gasteiger partial charge in [-0.1, -0.05) is 17.7 Å². The first-order valence-electron chi connectivity index (χ1n) is 5.90. The lowest BCUT2D eigenvalue weighted by Gasteiger charge is -2.19. The molecule has 0 unspecified atom stereocenters. The molecule has 1 aromatic carbocycles. The van der Waals surface area contributed by atoms with Crippen LogP contribution in [0.4, 0.5) is 0 Å². The van der Waals surface area contributed by atoms with Crippen LogP contribution < -0.4 is 0 Å². The van der Waals surface area contributed by atoms with Crippen molar-refractivity contribution in [1.29, 1.82) is 0 Å². The Morgan fingerprint density at radius 2 is 2.05 bits per heavy atom. The van der Waals surface area contributed by atoms with Crippen LogP contribution in [-0.2, 0) is 4.74 Å². The number of carbonyl (C=O) groups is 1. The van der Waals surface area contributed by atoms with E-state index in [-0.39, 0.29) is 5.97 Å². The molecule has 0 fully saturated rings.